The highest BCUT2D eigenvalue weighted by Gasteiger charge is 2.22. The van der Waals surface area contributed by atoms with Gasteiger partial charge < -0.3 is 24.8 Å². The third-order valence-electron chi connectivity index (χ3n) is 5.07. The number of nitrogens with one attached hydrogen (secondary N) is 1. The van der Waals surface area contributed by atoms with E-state index in [0.717, 1.165) is 55.8 Å². The van der Waals surface area contributed by atoms with Gasteiger partial charge in [-0.3, -0.25) is 10.2 Å². The standard InChI is InChI=1S/C19H23N5O3/c20-18(24-5-1-2-6-24)13-3-4-14(15-12-17(19(21)25)27-22-15)16(11-13)23-7-9-26-10-8-23/h3-4,11-12,20H,1-2,5-10H2,(H2,21,25). The SMILES string of the molecule is N=C(c1ccc(-c2cc(C(N)=O)on2)c(N2CCOCC2)c1)N1CCCC1. The van der Waals surface area contributed by atoms with E-state index >= 15 is 0 Å². The second-order valence-electron chi connectivity index (χ2n) is 6.81. The number of ether oxygens (including phenoxy) is 1. The van der Waals surface area contributed by atoms with Gasteiger partial charge >= 0.3 is 0 Å². The number of amidine groups is 1. The van der Waals surface area contributed by atoms with E-state index in [1.54, 1.807) is 6.07 Å². The summed E-state index contributed by atoms with van der Waals surface area (Å²) in [6, 6.07) is 7.46. The lowest BCUT2D eigenvalue weighted by atomic mass is 10.0. The highest BCUT2D eigenvalue weighted by molar-refractivity contribution is 5.99. The molecule has 2 aromatic rings. The molecule has 0 bridgehead atoms. The summed E-state index contributed by atoms with van der Waals surface area (Å²) in [5.41, 5.74) is 8.54. The van der Waals surface area contributed by atoms with E-state index in [0.29, 0.717) is 24.7 Å². The number of benzene rings is 1. The van der Waals surface area contributed by atoms with Crippen LogP contribution < -0.4 is 10.6 Å². The molecule has 0 atom stereocenters. The lowest BCUT2D eigenvalue weighted by Gasteiger charge is -2.31. The number of carbonyl (C=O) groups excluding carboxylic acids is 1. The molecule has 142 valence electrons. The topological polar surface area (TPSA) is 109 Å². The van der Waals surface area contributed by atoms with Crippen LogP contribution in [0.5, 0.6) is 0 Å². The fourth-order valence-electron chi connectivity index (χ4n) is 3.60. The molecule has 0 aliphatic carbocycles. The maximum absolute atomic E-state index is 11.4. The number of aromatic nitrogens is 1. The van der Waals surface area contributed by atoms with E-state index in [2.05, 4.69) is 15.0 Å². The molecule has 2 aliphatic heterocycles. The molecule has 8 nitrogen and oxygen atoms in total. The Hall–Kier alpha value is -2.87. The number of primary amides is 1. The van der Waals surface area contributed by atoms with Gasteiger partial charge in [-0.1, -0.05) is 11.2 Å². The molecule has 2 fully saturated rings. The summed E-state index contributed by atoms with van der Waals surface area (Å²) in [7, 11) is 0. The Kier molecular flexibility index (Phi) is 4.81. The van der Waals surface area contributed by atoms with Gasteiger partial charge in [-0.25, -0.2) is 0 Å². The summed E-state index contributed by atoms with van der Waals surface area (Å²) in [5.74, 6) is -0.0625. The fraction of sp³-hybridized carbons (Fsp3) is 0.421. The van der Waals surface area contributed by atoms with Crippen molar-refractivity contribution in [2.75, 3.05) is 44.3 Å². The summed E-state index contributed by atoms with van der Waals surface area (Å²) in [6.45, 7) is 4.68. The number of anilines is 1. The van der Waals surface area contributed by atoms with Crippen LogP contribution in [0, 0.1) is 5.41 Å². The van der Waals surface area contributed by atoms with E-state index < -0.39 is 5.91 Å². The van der Waals surface area contributed by atoms with Crippen molar-refractivity contribution in [1.82, 2.24) is 10.1 Å². The molecule has 1 aromatic heterocycles. The monoisotopic (exact) mass is 369 g/mol. The molecular weight excluding hydrogens is 346 g/mol. The molecule has 0 radical (unpaired) electrons. The van der Waals surface area contributed by atoms with Crippen molar-refractivity contribution < 1.29 is 14.1 Å². The number of amides is 1. The molecule has 2 saturated heterocycles. The van der Waals surface area contributed by atoms with Crippen LogP contribution >= 0.6 is 0 Å². The normalized spacial score (nSPS) is 17.3. The van der Waals surface area contributed by atoms with Crippen LogP contribution in [0.25, 0.3) is 11.3 Å². The van der Waals surface area contributed by atoms with Crippen LogP contribution in [0.2, 0.25) is 0 Å². The third-order valence-corrected chi connectivity index (χ3v) is 5.07. The first-order chi connectivity index (χ1) is 13.1. The largest absolute Gasteiger partial charge is 0.378 e. The highest BCUT2D eigenvalue weighted by Crippen LogP contribution is 2.33. The van der Waals surface area contributed by atoms with Crippen molar-refractivity contribution in [3.8, 4) is 11.3 Å². The average Bonchev–Trinajstić information content (AvgIpc) is 3.40. The number of rotatable bonds is 4. The number of nitrogens with two attached hydrogens (primary N) is 1. The van der Waals surface area contributed by atoms with Crippen molar-refractivity contribution in [2.24, 2.45) is 5.73 Å². The zero-order chi connectivity index (χ0) is 18.8. The molecule has 1 aromatic carbocycles. The van der Waals surface area contributed by atoms with Crippen molar-refractivity contribution >= 4 is 17.4 Å². The van der Waals surface area contributed by atoms with Crippen molar-refractivity contribution in [1.29, 1.82) is 5.41 Å². The number of morpholine rings is 1. The molecule has 0 unspecified atom stereocenters. The summed E-state index contributed by atoms with van der Waals surface area (Å²) in [5, 5.41) is 12.6. The molecule has 0 saturated carbocycles. The Bertz CT molecular complexity index is 851. The van der Waals surface area contributed by atoms with Crippen molar-refractivity contribution in [3.63, 3.8) is 0 Å². The highest BCUT2D eigenvalue weighted by atomic mass is 16.5. The number of hydrogen-bond donors (Lipinski definition) is 2. The van der Waals surface area contributed by atoms with Gasteiger partial charge in [0.05, 0.1) is 13.2 Å². The molecule has 4 rings (SSSR count). The third kappa shape index (κ3) is 3.52. The summed E-state index contributed by atoms with van der Waals surface area (Å²) in [4.78, 5) is 15.7. The molecule has 1 amide bonds. The first-order valence-electron chi connectivity index (χ1n) is 9.21. The van der Waals surface area contributed by atoms with E-state index in [4.69, 9.17) is 20.4 Å². The summed E-state index contributed by atoms with van der Waals surface area (Å²) in [6.07, 6.45) is 2.26. The van der Waals surface area contributed by atoms with Gasteiger partial charge in [0.2, 0.25) is 5.76 Å². The number of hydrogen-bond acceptors (Lipinski definition) is 6. The average molecular weight is 369 g/mol. The first kappa shape index (κ1) is 17.5. The van der Waals surface area contributed by atoms with Gasteiger partial charge in [-0.2, -0.15) is 0 Å². The van der Waals surface area contributed by atoms with E-state index in [1.165, 1.54) is 0 Å². The zero-order valence-electron chi connectivity index (χ0n) is 15.1. The quantitative estimate of drug-likeness (QED) is 0.627. The summed E-state index contributed by atoms with van der Waals surface area (Å²) >= 11 is 0. The summed E-state index contributed by atoms with van der Waals surface area (Å²) < 4.78 is 10.5. The van der Waals surface area contributed by atoms with Crippen LogP contribution in [0.15, 0.2) is 28.8 Å². The van der Waals surface area contributed by atoms with Crippen molar-refractivity contribution in [3.05, 3.63) is 35.6 Å². The van der Waals surface area contributed by atoms with Crippen LogP contribution in [0.1, 0.15) is 29.0 Å². The Morgan fingerprint density at radius 3 is 2.52 bits per heavy atom. The van der Waals surface area contributed by atoms with Crippen LogP contribution in [-0.2, 0) is 4.74 Å². The van der Waals surface area contributed by atoms with Crippen molar-refractivity contribution in [2.45, 2.75) is 12.8 Å². The number of carbonyl (C=O) groups is 1. The molecular formula is C19H23N5O3. The van der Waals surface area contributed by atoms with Crippen LogP contribution in [0.3, 0.4) is 0 Å². The Balaban J connectivity index is 1.72. The van der Waals surface area contributed by atoms with Gasteiger partial charge in [0.1, 0.15) is 11.5 Å². The minimum atomic E-state index is -0.644. The van der Waals surface area contributed by atoms with E-state index in [-0.39, 0.29) is 5.76 Å². The van der Waals surface area contributed by atoms with Gasteiger partial charge in [-0.05, 0) is 25.0 Å². The molecule has 8 heteroatoms. The zero-order valence-corrected chi connectivity index (χ0v) is 15.1. The van der Waals surface area contributed by atoms with E-state index in [1.807, 2.05) is 18.2 Å². The van der Waals surface area contributed by atoms with Crippen LogP contribution in [0.4, 0.5) is 5.69 Å². The van der Waals surface area contributed by atoms with Gasteiger partial charge in [0.15, 0.2) is 0 Å². The first-order valence-corrected chi connectivity index (χ1v) is 9.21. The molecule has 3 N–H and O–H groups in total. The Labute approximate surface area is 157 Å². The van der Waals surface area contributed by atoms with Gasteiger partial charge in [0.25, 0.3) is 5.91 Å². The number of likely N-dealkylation sites (tertiary alicyclic amines) is 1. The maximum Gasteiger partial charge on any atom is 0.287 e. The Morgan fingerprint density at radius 1 is 1.11 bits per heavy atom. The predicted molar refractivity (Wildman–Crippen MR) is 101 cm³/mol. The fourth-order valence-corrected chi connectivity index (χ4v) is 3.60. The molecule has 3 heterocycles. The second-order valence-corrected chi connectivity index (χ2v) is 6.81. The maximum atomic E-state index is 11.4. The van der Waals surface area contributed by atoms with E-state index in [9.17, 15) is 4.79 Å². The lowest BCUT2D eigenvalue weighted by Crippen LogP contribution is -2.37. The van der Waals surface area contributed by atoms with Crippen LogP contribution in [-0.4, -0.2) is 61.2 Å². The lowest BCUT2D eigenvalue weighted by molar-refractivity contribution is 0.0965. The second kappa shape index (κ2) is 7.40. The van der Waals surface area contributed by atoms with Gasteiger partial charge in [-0.15, -0.1) is 0 Å². The predicted octanol–water partition coefficient (Wildman–Crippen LogP) is 1.70. The molecule has 27 heavy (non-hydrogen) atoms. The number of nitrogens with zero attached hydrogens (tertiary/aromatic N) is 3. The smallest absolute Gasteiger partial charge is 0.287 e. The molecule has 0 spiro atoms. The minimum absolute atomic E-state index is 0.0341. The molecule has 2 aliphatic rings. The Morgan fingerprint density at radius 2 is 1.85 bits per heavy atom. The van der Waals surface area contributed by atoms with Gasteiger partial charge in [0, 0.05) is 49.1 Å². The minimum Gasteiger partial charge on any atom is -0.378 e.